The number of rotatable bonds is 3. The van der Waals surface area contributed by atoms with Gasteiger partial charge in [0.2, 0.25) is 0 Å². The summed E-state index contributed by atoms with van der Waals surface area (Å²) in [6.45, 7) is 3.69. The van der Waals surface area contributed by atoms with Gasteiger partial charge in [-0.25, -0.2) is 0 Å². The highest BCUT2D eigenvalue weighted by atomic mass is 16.5. The van der Waals surface area contributed by atoms with E-state index in [2.05, 4.69) is 0 Å². The predicted molar refractivity (Wildman–Crippen MR) is 56.7 cm³/mol. The number of nitrogens with two attached hydrogens (primary N) is 1. The van der Waals surface area contributed by atoms with Gasteiger partial charge >= 0.3 is 0 Å². The summed E-state index contributed by atoms with van der Waals surface area (Å²) in [6, 6.07) is 5.08. The fourth-order valence-corrected chi connectivity index (χ4v) is 1.30. The maximum atomic E-state index is 11.2. The second-order valence-corrected chi connectivity index (χ2v) is 3.00. The lowest BCUT2D eigenvalue weighted by atomic mass is 10.0. The van der Waals surface area contributed by atoms with Crippen LogP contribution in [-0.4, -0.2) is 12.4 Å². The van der Waals surface area contributed by atoms with Gasteiger partial charge in [0.15, 0.2) is 5.78 Å². The Morgan fingerprint density at radius 2 is 2.27 bits per heavy atom. The summed E-state index contributed by atoms with van der Waals surface area (Å²) in [5.74, 6) is 0.264. The molecule has 0 aliphatic carbocycles. The molecule has 2 N–H and O–H groups in total. The van der Waals surface area contributed by atoms with Gasteiger partial charge in [-0.05, 0) is 26.0 Å². The van der Waals surface area contributed by atoms with Gasteiger partial charge in [-0.2, -0.15) is 5.26 Å². The first-order chi connectivity index (χ1) is 7.11. The van der Waals surface area contributed by atoms with Crippen molar-refractivity contribution < 1.29 is 9.53 Å². The summed E-state index contributed by atoms with van der Waals surface area (Å²) >= 11 is 0. The molecule has 1 aromatic carbocycles. The Hall–Kier alpha value is -2.02. The van der Waals surface area contributed by atoms with Crippen molar-refractivity contribution in [3.8, 4) is 11.8 Å². The van der Waals surface area contributed by atoms with E-state index in [9.17, 15) is 4.79 Å². The first-order valence-electron chi connectivity index (χ1n) is 4.58. The largest absolute Gasteiger partial charge is 0.492 e. The van der Waals surface area contributed by atoms with E-state index in [1.54, 1.807) is 12.1 Å². The second-order valence-electron chi connectivity index (χ2n) is 3.00. The van der Waals surface area contributed by atoms with Crippen molar-refractivity contribution in [1.82, 2.24) is 0 Å². The van der Waals surface area contributed by atoms with Crippen molar-refractivity contribution in [1.29, 1.82) is 5.26 Å². The van der Waals surface area contributed by atoms with Crippen molar-refractivity contribution in [2.45, 2.75) is 13.8 Å². The number of nitriles is 1. The third-order valence-electron chi connectivity index (χ3n) is 2.00. The lowest BCUT2D eigenvalue weighted by Gasteiger charge is -2.09. The minimum absolute atomic E-state index is 0.179. The van der Waals surface area contributed by atoms with Gasteiger partial charge in [0.1, 0.15) is 11.8 Å². The van der Waals surface area contributed by atoms with E-state index >= 15 is 0 Å². The third kappa shape index (κ3) is 2.08. The number of nitrogen functional groups attached to an aromatic ring is 1. The van der Waals surface area contributed by atoms with Crippen LogP contribution in [0.1, 0.15) is 29.8 Å². The first kappa shape index (κ1) is 11.1. The molecule has 0 aliphatic heterocycles. The summed E-state index contributed by atoms with van der Waals surface area (Å²) in [7, 11) is 0. The van der Waals surface area contributed by atoms with Crippen molar-refractivity contribution >= 4 is 11.5 Å². The van der Waals surface area contributed by atoms with Crippen LogP contribution in [0.25, 0.3) is 0 Å². The van der Waals surface area contributed by atoms with E-state index in [4.69, 9.17) is 15.7 Å². The van der Waals surface area contributed by atoms with Gasteiger partial charge in [-0.15, -0.1) is 0 Å². The highest BCUT2D eigenvalue weighted by molar-refractivity contribution is 5.98. The maximum absolute atomic E-state index is 11.2. The summed E-state index contributed by atoms with van der Waals surface area (Å²) in [6.07, 6.45) is 0. The fourth-order valence-electron chi connectivity index (χ4n) is 1.30. The van der Waals surface area contributed by atoms with Crippen LogP contribution in [-0.2, 0) is 0 Å². The maximum Gasteiger partial charge on any atom is 0.161 e. The molecule has 1 aromatic rings. The summed E-state index contributed by atoms with van der Waals surface area (Å²) in [5, 5.41) is 8.90. The predicted octanol–water partition coefficient (Wildman–Crippen LogP) is 1.74. The molecule has 0 aliphatic rings. The number of ketones is 1. The Balaban J connectivity index is 3.34. The molecule has 0 aromatic heterocycles. The zero-order valence-electron chi connectivity index (χ0n) is 8.70. The molecule has 0 fully saturated rings. The molecule has 0 saturated carbocycles. The molecule has 0 bridgehead atoms. The molecular weight excluding hydrogens is 192 g/mol. The molecule has 0 atom stereocenters. The van der Waals surface area contributed by atoms with Crippen LogP contribution in [0.2, 0.25) is 0 Å². The van der Waals surface area contributed by atoms with E-state index in [0.29, 0.717) is 17.9 Å². The molecule has 0 heterocycles. The molecule has 78 valence electrons. The van der Waals surface area contributed by atoms with Gasteiger partial charge in [-0.3, -0.25) is 4.79 Å². The van der Waals surface area contributed by atoms with E-state index < -0.39 is 0 Å². The van der Waals surface area contributed by atoms with E-state index in [0.717, 1.165) is 0 Å². The molecule has 0 saturated heterocycles. The third-order valence-corrected chi connectivity index (χ3v) is 2.00. The summed E-state index contributed by atoms with van der Waals surface area (Å²) < 4.78 is 5.23. The van der Waals surface area contributed by atoms with E-state index in [1.807, 2.05) is 13.0 Å². The van der Waals surface area contributed by atoms with Gasteiger partial charge in [-0.1, -0.05) is 0 Å². The summed E-state index contributed by atoms with van der Waals surface area (Å²) in [5.41, 5.74) is 6.47. The van der Waals surface area contributed by atoms with Gasteiger partial charge in [0.25, 0.3) is 0 Å². The molecule has 0 spiro atoms. The lowest BCUT2D eigenvalue weighted by Crippen LogP contribution is -2.04. The summed E-state index contributed by atoms with van der Waals surface area (Å²) in [4.78, 5) is 11.2. The minimum Gasteiger partial charge on any atom is -0.492 e. The number of carbonyl (C=O) groups is 1. The highest BCUT2D eigenvalue weighted by Crippen LogP contribution is 2.28. The van der Waals surface area contributed by atoms with Gasteiger partial charge < -0.3 is 10.5 Å². The number of nitrogens with zero attached hydrogens (tertiary/aromatic N) is 1. The molecule has 0 radical (unpaired) electrons. The molecule has 4 nitrogen and oxygen atoms in total. The Kier molecular flexibility index (Phi) is 3.29. The zero-order chi connectivity index (χ0) is 11.4. The smallest absolute Gasteiger partial charge is 0.161 e. The number of anilines is 1. The van der Waals surface area contributed by atoms with Crippen LogP contribution in [0.4, 0.5) is 5.69 Å². The van der Waals surface area contributed by atoms with Crippen LogP contribution >= 0.6 is 0 Å². The average Bonchev–Trinajstić information content (AvgIpc) is 2.20. The topological polar surface area (TPSA) is 76.1 Å². The Morgan fingerprint density at radius 1 is 1.60 bits per heavy atom. The number of ether oxygens (including phenoxy) is 1. The Bertz CT molecular complexity index is 433. The molecule has 15 heavy (non-hydrogen) atoms. The highest BCUT2D eigenvalue weighted by Gasteiger charge is 2.13. The van der Waals surface area contributed by atoms with Crippen molar-refractivity contribution in [2.75, 3.05) is 12.3 Å². The van der Waals surface area contributed by atoms with Crippen LogP contribution in [0.5, 0.6) is 5.75 Å². The molecule has 4 heteroatoms. The molecule has 1 rings (SSSR count). The number of Topliss-reactive ketones (excluding diaryl/α,β-unsaturated/α-hetero) is 1. The molecule has 0 amide bonds. The van der Waals surface area contributed by atoms with Crippen molar-refractivity contribution in [3.05, 3.63) is 23.3 Å². The minimum atomic E-state index is -0.179. The Morgan fingerprint density at radius 3 is 2.73 bits per heavy atom. The lowest BCUT2D eigenvalue weighted by molar-refractivity contribution is 0.101. The van der Waals surface area contributed by atoms with E-state index in [1.165, 1.54) is 6.92 Å². The normalized spacial score (nSPS) is 9.40. The molecular formula is C11H12N2O2. The van der Waals surface area contributed by atoms with Gasteiger partial charge in [0, 0.05) is 5.56 Å². The quantitative estimate of drug-likeness (QED) is 0.601. The molecule has 0 unspecified atom stereocenters. The zero-order valence-corrected chi connectivity index (χ0v) is 8.70. The fraction of sp³-hybridized carbons (Fsp3) is 0.273. The van der Waals surface area contributed by atoms with Crippen LogP contribution < -0.4 is 10.5 Å². The Labute approximate surface area is 88.3 Å². The monoisotopic (exact) mass is 204 g/mol. The van der Waals surface area contributed by atoms with Gasteiger partial charge in [0.05, 0.1) is 17.9 Å². The number of hydrogen-bond acceptors (Lipinski definition) is 4. The van der Waals surface area contributed by atoms with E-state index in [-0.39, 0.29) is 17.0 Å². The second kappa shape index (κ2) is 4.47. The van der Waals surface area contributed by atoms with Crippen molar-refractivity contribution in [3.63, 3.8) is 0 Å². The van der Waals surface area contributed by atoms with Crippen LogP contribution in [0.15, 0.2) is 12.1 Å². The van der Waals surface area contributed by atoms with Crippen LogP contribution in [0.3, 0.4) is 0 Å². The average molecular weight is 204 g/mol. The number of carbonyl (C=O) groups excluding carboxylic acids is 1. The first-order valence-corrected chi connectivity index (χ1v) is 4.58. The number of hydrogen-bond donors (Lipinski definition) is 1. The number of benzene rings is 1. The standard InChI is InChI=1S/C11H12N2O2/c1-3-15-10-5-4-8(7(2)14)9(6-12)11(10)13/h4-5H,3,13H2,1-2H3. The van der Waals surface area contributed by atoms with Crippen LogP contribution in [0, 0.1) is 11.3 Å². The van der Waals surface area contributed by atoms with Crippen molar-refractivity contribution in [2.24, 2.45) is 0 Å². The SMILES string of the molecule is CCOc1ccc(C(C)=O)c(C#N)c1N.